The summed E-state index contributed by atoms with van der Waals surface area (Å²) in [7, 11) is 0. The van der Waals surface area contributed by atoms with Crippen LogP contribution in [0.2, 0.25) is 0 Å². The van der Waals surface area contributed by atoms with Crippen molar-refractivity contribution >= 4 is 11.0 Å². The van der Waals surface area contributed by atoms with Crippen LogP contribution in [0.4, 0.5) is 0 Å². The predicted molar refractivity (Wildman–Crippen MR) is 82.7 cm³/mol. The Morgan fingerprint density at radius 1 is 1.05 bits per heavy atom. The third kappa shape index (κ3) is 2.89. The van der Waals surface area contributed by atoms with Crippen molar-refractivity contribution in [1.29, 1.82) is 0 Å². The number of imidazole rings is 1. The van der Waals surface area contributed by atoms with E-state index >= 15 is 0 Å². The molecule has 0 radical (unpaired) electrons. The number of H-pyrrole nitrogens is 1. The molecule has 0 fully saturated rings. The van der Waals surface area contributed by atoms with Crippen LogP contribution in [0.25, 0.3) is 11.0 Å². The zero-order valence-electron chi connectivity index (χ0n) is 11.7. The highest BCUT2D eigenvalue weighted by Gasteiger charge is 2.04. The van der Waals surface area contributed by atoms with Crippen LogP contribution in [0.3, 0.4) is 0 Å². The summed E-state index contributed by atoms with van der Waals surface area (Å²) in [6, 6.07) is 16.8. The van der Waals surface area contributed by atoms with Crippen molar-refractivity contribution in [2.45, 2.75) is 19.9 Å². The number of aromatic nitrogens is 2. The maximum Gasteiger partial charge on any atom is 0.111 e. The van der Waals surface area contributed by atoms with Crippen molar-refractivity contribution in [3.05, 3.63) is 65.5 Å². The molecule has 2 N–H and O–H groups in total. The van der Waals surface area contributed by atoms with Crippen molar-refractivity contribution in [1.82, 2.24) is 15.3 Å². The van der Waals surface area contributed by atoms with E-state index in [-0.39, 0.29) is 0 Å². The van der Waals surface area contributed by atoms with Gasteiger partial charge in [0.1, 0.15) is 5.82 Å². The third-order valence-corrected chi connectivity index (χ3v) is 3.39. The standard InChI is InChI=1S/C17H19N3/c1-2-18-12-14-8-9-15-16(10-14)20-17(19-15)11-13-6-4-3-5-7-13/h3-10,18H,2,11-12H2,1H3,(H,19,20). The first kappa shape index (κ1) is 12.9. The molecular weight excluding hydrogens is 246 g/mol. The highest BCUT2D eigenvalue weighted by Crippen LogP contribution is 2.16. The molecule has 0 atom stereocenters. The Kier molecular flexibility index (Phi) is 3.79. The molecule has 0 saturated carbocycles. The van der Waals surface area contributed by atoms with Gasteiger partial charge in [0.25, 0.3) is 0 Å². The number of benzene rings is 2. The molecule has 1 heterocycles. The SMILES string of the molecule is CCNCc1ccc2nc(Cc3ccccc3)[nH]c2c1. The Morgan fingerprint density at radius 2 is 1.90 bits per heavy atom. The molecule has 3 heteroatoms. The molecule has 0 bridgehead atoms. The number of hydrogen-bond acceptors (Lipinski definition) is 2. The summed E-state index contributed by atoms with van der Waals surface area (Å²) in [5.74, 6) is 1.02. The minimum atomic E-state index is 0.845. The second-order valence-corrected chi connectivity index (χ2v) is 4.98. The lowest BCUT2D eigenvalue weighted by molar-refractivity contribution is 0.727. The van der Waals surface area contributed by atoms with Gasteiger partial charge < -0.3 is 10.3 Å². The highest BCUT2D eigenvalue weighted by molar-refractivity contribution is 5.75. The van der Waals surface area contributed by atoms with Gasteiger partial charge >= 0.3 is 0 Å². The Labute approximate surface area is 119 Å². The van der Waals surface area contributed by atoms with Gasteiger partial charge in [-0.1, -0.05) is 43.3 Å². The van der Waals surface area contributed by atoms with Crippen LogP contribution < -0.4 is 5.32 Å². The van der Waals surface area contributed by atoms with E-state index in [4.69, 9.17) is 0 Å². The molecular formula is C17H19N3. The summed E-state index contributed by atoms with van der Waals surface area (Å²) in [5, 5.41) is 3.34. The van der Waals surface area contributed by atoms with E-state index in [1.54, 1.807) is 0 Å². The third-order valence-electron chi connectivity index (χ3n) is 3.39. The molecule has 0 aliphatic heterocycles. The van der Waals surface area contributed by atoms with Crippen LogP contribution in [0.15, 0.2) is 48.5 Å². The Morgan fingerprint density at radius 3 is 2.70 bits per heavy atom. The van der Waals surface area contributed by atoms with Crippen molar-refractivity contribution in [3.63, 3.8) is 0 Å². The molecule has 0 saturated heterocycles. The van der Waals surface area contributed by atoms with Crippen LogP contribution >= 0.6 is 0 Å². The van der Waals surface area contributed by atoms with Gasteiger partial charge in [0.05, 0.1) is 11.0 Å². The smallest absolute Gasteiger partial charge is 0.111 e. The number of nitrogens with one attached hydrogen (secondary N) is 2. The number of rotatable bonds is 5. The predicted octanol–water partition coefficient (Wildman–Crippen LogP) is 3.26. The molecule has 0 aliphatic carbocycles. The minimum absolute atomic E-state index is 0.845. The van der Waals surface area contributed by atoms with Crippen molar-refractivity contribution in [2.24, 2.45) is 0 Å². The van der Waals surface area contributed by atoms with Gasteiger partial charge in [0.2, 0.25) is 0 Å². The van der Waals surface area contributed by atoms with Crippen molar-refractivity contribution in [3.8, 4) is 0 Å². The van der Waals surface area contributed by atoms with Gasteiger partial charge in [-0.05, 0) is 29.8 Å². The molecule has 3 aromatic rings. The minimum Gasteiger partial charge on any atom is -0.342 e. The Hall–Kier alpha value is -2.13. The van der Waals surface area contributed by atoms with Gasteiger partial charge in [0, 0.05) is 13.0 Å². The normalized spacial score (nSPS) is 11.1. The summed E-state index contributed by atoms with van der Waals surface area (Å²) in [4.78, 5) is 8.08. The molecule has 0 aliphatic rings. The summed E-state index contributed by atoms with van der Waals surface area (Å²) < 4.78 is 0. The number of aromatic amines is 1. The molecule has 0 spiro atoms. The summed E-state index contributed by atoms with van der Waals surface area (Å²) in [5.41, 5.74) is 4.72. The molecule has 1 aromatic heterocycles. The van der Waals surface area contributed by atoms with E-state index in [1.807, 2.05) is 6.07 Å². The van der Waals surface area contributed by atoms with Crippen LogP contribution in [0.5, 0.6) is 0 Å². The fraction of sp³-hybridized carbons (Fsp3) is 0.235. The van der Waals surface area contributed by atoms with Crippen LogP contribution in [0.1, 0.15) is 23.9 Å². The topological polar surface area (TPSA) is 40.7 Å². The van der Waals surface area contributed by atoms with E-state index in [9.17, 15) is 0 Å². The van der Waals surface area contributed by atoms with Gasteiger partial charge in [-0.15, -0.1) is 0 Å². The monoisotopic (exact) mass is 265 g/mol. The number of fused-ring (bicyclic) bond motifs is 1. The van der Waals surface area contributed by atoms with E-state index in [0.717, 1.165) is 36.4 Å². The quantitative estimate of drug-likeness (QED) is 0.743. The lowest BCUT2D eigenvalue weighted by atomic mass is 10.1. The Bertz CT molecular complexity index is 686. The highest BCUT2D eigenvalue weighted by atomic mass is 14.9. The van der Waals surface area contributed by atoms with Crippen molar-refractivity contribution < 1.29 is 0 Å². The largest absolute Gasteiger partial charge is 0.342 e. The van der Waals surface area contributed by atoms with Gasteiger partial charge in [-0.25, -0.2) is 4.98 Å². The van der Waals surface area contributed by atoms with Gasteiger partial charge in [0.15, 0.2) is 0 Å². The van der Waals surface area contributed by atoms with Gasteiger partial charge in [-0.2, -0.15) is 0 Å². The number of nitrogens with zero attached hydrogens (tertiary/aromatic N) is 1. The molecule has 0 amide bonds. The van der Waals surface area contributed by atoms with Crippen molar-refractivity contribution in [2.75, 3.05) is 6.54 Å². The van der Waals surface area contributed by atoms with E-state index in [2.05, 4.69) is 64.7 Å². The first-order valence-corrected chi connectivity index (χ1v) is 7.07. The summed E-state index contributed by atoms with van der Waals surface area (Å²) in [6.07, 6.45) is 0.845. The fourth-order valence-corrected chi connectivity index (χ4v) is 2.36. The first-order valence-electron chi connectivity index (χ1n) is 7.07. The maximum atomic E-state index is 4.65. The van der Waals surface area contributed by atoms with E-state index in [1.165, 1.54) is 11.1 Å². The second-order valence-electron chi connectivity index (χ2n) is 4.98. The average molecular weight is 265 g/mol. The number of hydrogen-bond donors (Lipinski definition) is 2. The zero-order valence-corrected chi connectivity index (χ0v) is 11.7. The lowest BCUT2D eigenvalue weighted by Crippen LogP contribution is -2.11. The van der Waals surface area contributed by atoms with Crippen LogP contribution in [0, 0.1) is 0 Å². The molecule has 0 unspecified atom stereocenters. The molecule has 3 nitrogen and oxygen atoms in total. The zero-order chi connectivity index (χ0) is 13.8. The second kappa shape index (κ2) is 5.88. The summed E-state index contributed by atoms with van der Waals surface area (Å²) >= 11 is 0. The molecule has 102 valence electrons. The van der Waals surface area contributed by atoms with Gasteiger partial charge in [-0.3, -0.25) is 0 Å². The fourth-order valence-electron chi connectivity index (χ4n) is 2.36. The van der Waals surface area contributed by atoms with E-state index < -0.39 is 0 Å². The van der Waals surface area contributed by atoms with Crippen LogP contribution in [-0.4, -0.2) is 16.5 Å². The first-order chi connectivity index (χ1) is 9.85. The molecule has 2 aromatic carbocycles. The summed E-state index contributed by atoms with van der Waals surface area (Å²) in [6.45, 7) is 4.01. The van der Waals surface area contributed by atoms with E-state index in [0.29, 0.717) is 0 Å². The maximum absolute atomic E-state index is 4.65. The molecule has 3 rings (SSSR count). The van der Waals surface area contributed by atoms with Crippen LogP contribution in [-0.2, 0) is 13.0 Å². The average Bonchev–Trinajstić information content (AvgIpc) is 2.87. The lowest BCUT2D eigenvalue weighted by Gasteiger charge is -2.01. The Balaban J connectivity index is 1.83. The molecule has 20 heavy (non-hydrogen) atoms.